The molecular formula is C12H15BrFN. The maximum Gasteiger partial charge on any atom is 0.147 e. The van der Waals surface area contributed by atoms with Crippen molar-refractivity contribution in [1.82, 2.24) is 0 Å². The summed E-state index contributed by atoms with van der Waals surface area (Å²) >= 11 is 3.26. The van der Waals surface area contributed by atoms with Gasteiger partial charge < -0.3 is 4.90 Å². The molecule has 1 aromatic rings. The Morgan fingerprint density at radius 2 is 2.20 bits per heavy atom. The summed E-state index contributed by atoms with van der Waals surface area (Å²) in [5, 5.41) is 0. The van der Waals surface area contributed by atoms with E-state index in [9.17, 15) is 4.39 Å². The molecule has 0 radical (unpaired) electrons. The maximum absolute atomic E-state index is 13.6. The lowest BCUT2D eigenvalue weighted by molar-refractivity contribution is 0.376. The Kier molecular flexibility index (Phi) is 3.29. The highest BCUT2D eigenvalue weighted by Crippen LogP contribution is 2.30. The summed E-state index contributed by atoms with van der Waals surface area (Å²) in [5.41, 5.74) is 0.741. The molecule has 1 nitrogen and oxygen atoms in total. The highest BCUT2D eigenvalue weighted by atomic mass is 79.9. The average molecular weight is 272 g/mol. The largest absolute Gasteiger partial charge is 0.368 e. The van der Waals surface area contributed by atoms with Crippen LogP contribution in [0.3, 0.4) is 0 Å². The van der Waals surface area contributed by atoms with E-state index in [-0.39, 0.29) is 5.82 Å². The summed E-state index contributed by atoms with van der Waals surface area (Å²) in [6.07, 6.45) is 2.48. The molecule has 1 aliphatic heterocycles. The predicted octanol–water partition coefficient (Wildman–Crippen LogP) is 3.82. The first-order chi connectivity index (χ1) is 7.20. The number of nitrogens with zero attached hydrogens (tertiary/aromatic N) is 1. The molecule has 0 bridgehead atoms. The third-order valence-corrected chi connectivity index (χ3v) is 3.40. The molecule has 0 unspecified atom stereocenters. The van der Waals surface area contributed by atoms with Crippen LogP contribution < -0.4 is 4.90 Å². The number of anilines is 1. The van der Waals surface area contributed by atoms with Gasteiger partial charge in [-0.25, -0.2) is 4.39 Å². The topological polar surface area (TPSA) is 3.24 Å². The second-order valence-electron chi connectivity index (χ2n) is 4.16. The van der Waals surface area contributed by atoms with Crippen molar-refractivity contribution >= 4 is 21.6 Å². The van der Waals surface area contributed by atoms with Gasteiger partial charge in [-0.15, -0.1) is 0 Å². The van der Waals surface area contributed by atoms with Crippen molar-refractivity contribution in [2.45, 2.75) is 19.8 Å². The number of rotatable bonds is 3. The van der Waals surface area contributed by atoms with Crippen LogP contribution in [0.1, 0.15) is 19.8 Å². The molecule has 82 valence electrons. The molecule has 1 fully saturated rings. The Balaban J connectivity index is 2.01. The number of hydrogen-bond acceptors (Lipinski definition) is 1. The molecule has 0 spiro atoms. The number of halogens is 2. The molecular weight excluding hydrogens is 257 g/mol. The van der Waals surface area contributed by atoms with E-state index in [1.165, 1.54) is 18.9 Å². The molecule has 1 heterocycles. The van der Waals surface area contributed by atoms with Crippen LogP contribution in [0, 0.1) is 11.7 Å². The molecule has 1 saturated heterocycles. The fourth-order valence-corrected chi connectivity index (χ4v) is 2.43. The molecule has 0 saturated carbocycles. The standard InChI is InChI=1S/C12H15BrFN/c1-2-3-9-7-15(8-9)12-5-4-10(13)6-11(12)14/h4-6,9H,2-3,7-8H2,1H3. The molecule has 1 aliphatic rings. The zero-order chi connectivity index (χ0) is 10.8. The van der Waals surface area contributed by atoms with Gasteiger partial charge in [-0.05, 0) is 30.5 Å². The summed E-state index contributed by atoms with van der Waals surface area (Å²) < 4.78 is 14.4. The van der Waals surface area contributed by atoms with Crippen LogP contribution >= 0.6 is 15.9 Å². The molecule has 15 heavy (non-hydrogen) atoms. The van der Waals surface area contributed by atoms with Crippen molar-refractivity contribution in [3.05, 3.63) is 28.5 Å². The molecule has 3 heteroatoms. The van der Waals surface area contributed by atoms with Crippen LogP contribution in [0.5, 0.6) is 0 Å². The first kappa shape index (κ1) is 10.9. The van der Waals surface area contributed by atoms with Gasteiger partial charge in [0.1, 0.15) is 5.82 Å². The van der Waals surface area contributed by atoms with E-state index in [1.54, 1.807) is 0 Å². The second kappa shape index (κ2) is 4.52. The van der Waals surface area contributed by atoms with Crippen molar-refractivity contribution in [1.29, 1.82) is 0 Å². The van der Waals surface area contributed by atoms with Gasteiger partial charge in [0.2, 0.25) is 0 Å². The van der Waals surface area contributed by atoms with Gasteiger partial charge in [-0.2, -0.15) is 0 Å². The van der Waals surface area contributed by atoms with Gasteiger partial charge in [0.05, 0.1) is 5.69 Å². The quantitative estimate of drug-likeness (QED) is 0.808. The molecule has 0 aliphatic carbocycles. The Morgan fingerprint density at radius 1 is 1.47 bits per heavy atom. The lowest BCUT2D eigenvalue weighted by atomic mass is 9.94. The van der Waals surface area contributed by atoms with Gasteiger partial charge in [0.25, 0.3) is 0 Å². The van der Waals surface area contributed by atoms with Crippen molar-refractivity contribution in [3.63, 3.8) is 0 Å². The zero-order valence-corrected chi connectivity index (χ0v) is 10.4. The Morgan fingerprint density at radius 3 is 2.80 bits per heavy atom. The van der Waals surface area contributed by atoms with Gasteiger partial charge in [-0.3, -0.25) is 0 Å². The molecule has 1 aromatic carbocycles. The van der Waals surface area contributed by atoms with Gasteiger partial charge in [0.15, 0.2) is 0 Å². The summed E-state index contributed by atoms with van der Waals surface area (Å²) in [4.78, 5) is 2.11. The fraction of sp³-hybridized carbons (Fsp3) is 0.500. The minimum atomic E-state index is -0.126. The third kappa shape index (κ3) is 2.33. The smallest absolute Gasteiger partial charge is 0.147 e. The Labute approximate surface area is 98.4 Å². The van der Waals surface area contributed by atoms with Crippen molar-refractivity contribution < 1.29 is 4.39 Å². The van der Waals surface area contributed by atoms with Crippen LogP contribution in [0.15, 0.2) is 22.7 Å². The van der Waals surface area contributed by atoms with Crippen LogP contribution in [-0.2, 0) is 0 Å². The molecule has 2 rings (SSSR count). The van der Waals surface area contributed by atoms with Gasteiger partial charge >= 0.3 is 0 Å². The maximum atomic E-state index is 13.6. The molecule has 0 amide bonds. The Bertz CT molecular complexity index is 347. The fourth-order valence-electron chi connectivity index (χ4n) is 2.10. The van der Waals surface area contributed by atoms with Crippen LogP contribution in [-0.4, -0.2) is 13.1 Å². The monoisotopic (exact) mass is 271 g/mol. The average Bonchev–Trinajstić information content (AvgIpc) is 2.12. The highest BCUT2D eigenvalue weighted by molar-refractivity contribution is 9.10. The lowest BCUT2D eigenvalue weighted by Gasteiger charge is -2.41. The van der Waals surface area contributed by atoms with E-state index in [0.29, 0.717) is 0 Å². The predicted molar refractivity (Wildman–Crippen MR) is 64.7 cm³/mol. The molecule has 0 N–H and O–H groups in total. The first-order valence-electron chi connectivity index (χ1n) is 5.40. The van der Waals surface area contributed by atoms with E-state index in [0.717, 1.165) is 29.2 Å². The summed E-state index contributed by atoms with van der Waals surface area (Å²) in [7, 11) is 0. The van der Waals surface area contributed by atoms with Crippen LogP contribution in [0.4, 0.5) is 10.1 Å². The van der Waals surface area contributed by atoms with E-state index in [2.05, 4.69) is 27.8 Å². The van der Waals surface area contributed by atoms with Crippen LogP contribution in [0.2, 0.25) is 0 Å². The normalized spacial score (nSPS) is 16.6. The van der Waals surface area contributed by atoms with E-state index >= 15 is 0 Å². The van der Waals surface area contributed by atoms with Crippen molar-refractivity contribution in [3.8, 4) is 0 Å². The van der Waals surface area contributed by atoms with E-state index in [4.69, 9.17) is 0 Å². The summed E-state index contributed by atoms with van der Waals surface area (Å²) in [5.74, 6) is 0.636. The Hall–Kier alpha value is -0.570. The minimum absolute atomic E-state index is 0.126. The van der Waals surface area contributed by atoms with E-state index in [1.807, 2.05) is 12.1 Å². The summed E-state index contributed by atoms with van der Waals surface area (Å²) in [6, 6.07) is 5.27. The lowest BCUT2D eigenvalue weighted by Crippen LogP contribution is -2.47. The van der Waals surface area contributed by atoms with Crippen LogP contribution in [0.25, 0.3) is 0 Å². The highest BCUT2D eigenvalue weighted by Gasteiger charge is 2.27. The van der Waals surface area contributed by atoms with Gasteiger partial charge in [-0.1, -0.05) is 29.3 Å². The SMILES string of the molecule is CCCC1CN(c2ccc(Br)cc2F)C1. The molecule has 0 aromatic heterocycles. The van der Waals surface area contributed by atoms with Gasteiger partial charge in [0, 0.05) is 17.6 Å². The van der Waals surface area contributed by atoms with E-state index < -0.39 is 0 Å². The number of benzene rings is 1. The van der Waals surface area contributed by atoms with Crippen molar-refractivity contribution in [2.75, 3.05) is 18.0 Å². The molecule has 0 atom stereocenters. The number of hydrogen-bond donors (Lipinski definition) is 0. The zero-order valence-electron chi connectivity index (χ0n) is 8.84. The second-order valence-corrected chi connectivity index (χ2v) is 5.07. The minimum Gasteiger partial charge on any atom is -0.368 e. The first-order valence-corrected chi connectivity index (χ1v) is 6.20. The van der Waals surface area contributed by atoms with Crippen molar-refractivity contribution in [2.24, 2.45) is 5.92 Å². The third-order valence-electron chi connectivity index (χ3n) is 2.90. The summed E-state index contributed by atoms with van der Waals surface area (Å²) in [6.45, 7) is 4.21.